The highest BCUT2D eigenvalue weighted by Gasteiger charge is 2.44. The Balaban J connectivity index is 2.59. The molecule has 0 unspecified atom stereocenters. The molecule has 20 heavy (non-hydrogen) atoms. The number of aliphatic hydroxyl groups excluding tert-OH is 2. The van der Waals surface area contributed by atoms with Crippen molar-refractivity contribution in [3.05, 3.63) is 0 Å². The van der Waals surface area contributed by atoms with Gasteiger partial charge in [-0.05, 0) is 0 Å². The normalized spacial score (nSPS) is 31.3. The van der Waals surface area contributed by atoms with Gasteiger partial charge in [0.25, 0.3) is 5.84 Å². The van der Waals surface area contributed by atoms with Crippen molar-refractivity contribution < 1.29 is 43.6 Å². The SMILES string of the molecule is N/C(CNC=O)=[NH+]\[C@@H]1O[C@H](COP(=O)([O-])[O-])[C@@H](O)[C@H]1O. The molecular weight excluding hydrogens is 297 g/mol. The first-order chi connectivity index (χ1) is 9.24. The predicted molar refractivity (Wildman–Crippen MR) is 58.5 cm³/mol. The number of phosphoric ester groups is 1. The van der Waals surface area contributed by atoms with E-state index in [0.29, 0.717) is 6.41 Å². The Bertz CT molecular complexity index is 413. The molecule has 1 heterocycles. The number of amides is 1. The topological polar surface area (TPSA) is 191 Å². The maximum absolute atomic E-state index is 10.3. The van der Waals surface area contributed by atoms with Crippen LogP contribution >= 0.6 is 7.82 Å². The van der Waals surface area contributed by atoms with Gasteiger partial charge < -0.3 is 39.1 Å². The lowest BCUT2D eigenvalue weighted by atomic mass is 10.1. The first-order valence-electron chi connectivity index (χ1n) is 5.47. The third kappa shape index (κ3) is 5.13. The molecule has 6 N–H and O–H groups in total. The standard InChI is InChI=1S/C8H16N3O8P/c9-5(1-10-3-12)11-8-7(14)6(13)4(19-8)2-18-20(15,16)17/h3-4,6-8,13-14H,1-2H2,(H2,9,11)(H,10,12)(H2,15,16,17)/p-1/t4-,6-,7-,8-/m1/s1. The summed E-state index contributed by atoms with van der Waals surface area (Å²) < 4.78 is 19.4. The van der Waals surface area contributed by atoms with Gasteiger partial charge in [0.05, 0.1) is 14.4 Å². The van der Waals surface area contributed by atoms with Crippen LogP contribution in [0.2, 0.25) is 0 Å². The molecule has 11 nitrogen and oxygen atoms in total. The summed E-state index contributed by atoms with van der Waals surface area (Å²) in [7, 11) is -5.20. The van der Waals surface area contributed by atoms with Gasteiger partial charge in [0.1, 0.15) is 24.9 Å². The lowest BCUT2D eigenvalue weighted by Gasteiger charge is -2.30. The van der Waals surface area contributed by atoms with Gasteiger partial charge in [-0.25, -0.2) is 4.99 Å². The van der Waals surface area contributed by atoms with E-state index in [2.05, 4.69) is 14.8 Å². The van der Waals surface area contributed by atoms with Gasteiger partial charge in [-0.15, -0.1) is 0 Å². The van der Waals surface area contributed by atoms with E-state index in [4.69, 9.17) is 10.5 Å². The van der Waals surface area contributed by atoms with Crippen LogP contribution in [0.3, 0.4) is 0 Å². The lowest BCUT2D eigenvalue weighted by Crippen LogP contribution is -2.85. The number of hydrogen-bond donors (Lipinski definition) is 5. The zero-order valence-electron chi connectivity index (χ0n) is 10.2. The molecule has 0 aromatic heterocycles. The van der Waals surface area contributed by atoms with Crippen molar-refractivity contribution in [2.45, 2.75) is 24.5 Å². The predicted octanol–water partition coefficient (Wildman–Crippen LogP) is -6.54. The number of phosphoric acid groups is 1. The molecule has 0 saturated carbocycles. The second kappa shape index (κ2) is 7.09. The zero-order valence-corrected chi connectivity index (χ0v) is 11.1. The number of nitrogens with two attached hydrogens (primary N) is 1. The summed E-state index contributed by atoms with van der Waals surface area (Å²) in [5.41, 5.74) is 5.47. The van der Waals surface area contributed by atoms with Crippen LogP contribution < -0.4 is 25.8 Å². The second-order valence-electron chi connectivity index (χ2n) is 3.99. The fourth-order valence-electron chi connectivity index (χ4n) is 1.56. The molecule has 1 saturated heterocycles. The summed E-state index contributed by atoms with van der Waals surface area (Å²) in [6.45, 7) is -0.767. The Morgan fingerprint density at radius 1 is 1.50 bits per heavy atom. The number of nitrogens with one attached hydrogen (secondary N) is 2. The van der Waals surface area contributed by atoms with Crippen LogP contribution in [0.15, 0.2) is 0 Å². The first-order valence-corrected chi connectivity index (χ1v) is 6.93. The van der Waals surface area contributed by atoms with Crippen molar-refractivity contribution in [1.29, 1.82) is 0 Å². The Labute approximate surface area is 113 Å². The summed E-state index contributed by atoms with van der Waals surface area (Å²) >= 11 is 0. The van der Waals surface area contributed by atoms with Crippen LogP contribution in [0.5, 0.6) is 0 Å². The van der Waals surface area contributed by atoms with Gasteiger partial charge >= 0.3 is 0 Å². The number of carbonyl (C=O) groups is 1. The fourth-order valence-corrected chi connectivity index (χ4v) is 1.89. The molecule has 0 aromatic rings. The summed E-state index contributed by atoms with van der Waals surface area (Å²) in [6, 6.07) is 0. The average molecular weight is 312 g/mol. The molecule has 4 atom stereocenters. The van der Waals surface area contributed by atoms with E-state index in [1.165, 1.54) is 0 Å². The molecule has 0 aromatic carbocycles. The minimum Gasteiger partial charge on any atom is -0.790 e. The summed E-state index contributed by atoms with van der Waals surface area (Å²) in [6.07, 6.45) is -4.83. The van der Waals surface area contributed by atoms with Gasteiger partial charge in [0.2, 0.25) is 12.6 Å². The Hall–Kier alpha value is -1.07. The second-order valence-corrected chi connectivity index (χ2v) is 5.14. The molecule has 116 valence electrons. The van der Waals surface area contributed by atoms with E-state index in [1.54, 1.807) is 0 Å². The Kier molecular flexibility index (Phi) is 6.02. The van der Waals surface area contributed by atoms with Crippen molar-refractivity contribution >= 4 is 20.1 Å². The van der Waals surface area contributed by atoms with Crippen LogP contribution in [0.25, 0.3) is 0 Å². The molecule has 1 rings (SSSR count). The van der Waals surface area contributed by atoms with Crippen molar-refractivity contribution in [2.75, 3.05) is 13.2 Å². The number of rotatable bonds is 7. The van der Waals surface area contributed by atoms with Crippen molar-refractivity contribution in [3.63, 3.8) is 0 Å². The fraction of sp³-hybridized carbons (Fsp3) is 0.750. The highest BCUT2D eigenvalue weighted by Crippen LogP contribution is 2.27. The first kappa shape index (κ1) is 17.0. The minimum atomic E-state index is -5.20. The van der Waals surface area contributed by atoms with E-state index < -0.39 is 39.0 Å². The van der Waals surface area contributed by atoms with Gasteiger partial charge in [-0.1, -0.05) is 0 Å². The smallest absolute Gasteiger partial charge is 0.262 e. The molecule has 0 aliphatic carbocycles. The van der Waals surface area contributed by atoms with Gasteiger partial charge in [0, 0.05) is 0 Å². The Morgan fingerprint density at radius 2 is 2.15 bits per heavy atom. The molecule has 1 aliphatic rings. The zero-order chi connectivity index (χ0) is 15.3. The molecule has 0 spiro atoms. The van der Waals surface area contributed by atoms with Crippen LogP contribution in [0.1, 0.15) is 0 Å². The van der Waals surface area contributed by atoms with Crippen LogP contribution in [0, 0.1) is 0 Å². The maximum atomic E-state index is 10.3. The van der Waals surface area contributed by atoms with Crippen molar-refractivity contribution in [3.8, 4) is 0 Å². The van der Waals surface area contributed by atoms with Gasteiger partial charge in [-0.3, -0.25) is 10.5 Å². The summed E-state index contributed by atoms with van der Waals surface area (Å²) in [5.74, 6) is 0.0493. The highest BCUT2D eigenvalue weighted by molar-refractivity contribution is 7.43. The molecule has 0 radical (unpaired) electrons. The lowest BCUT2D eigenvalue weighted by molar-refractivity contribution is -0.569. The number of hydrogen-bond acceptors (Lipinski definition) is 8. The Morgan fingerprint density at radius 3 is 2.70 bits per heavy atom. The van der Waals surface area contributed by atoms with Crippen LogP contribution in [-0.2, 0) is 18.6 Å². The number of aliphatic hydroxyl groups is 2. The number of amidine groups is 1. The van der Waals surface area contributed by atoms with Crippen molar-refractivity contribution in [2.24, 2.45) is 5.73 Å². The molecule has 1 aliphatic heterocycles. The number of ether oxygens (including phenoxy) is 1. The maximum Gasteiger partial charge on any atom is 0.262 e. The molecule has 1 amide bonds. The van der Waals surface area contributed by atoms with E-state index in [9.17, 15) is 29.4 Å². The third-order valence-corrected chi connectivity index (χ3v) is 2.93. The largest absolute Gasteiger partial charge is 0.790 e. The van der Waals surface area contributed by atoms with E-state index in [1.807, 2.05) is 0 Å². The highest BCUT2D eigenvalue weighted by atomic mass is 31.2. The third-order valence-electron chi connectivity index (χ3n) is 2.46. The summed E-state index contributed by atoms with van der Waals surface area (Å²) in [5, 5.41) is 21.5. The summed E-state index contributed by atoms with van der Waals surface area (Å²) in [4.78, 5) is 33.2. The molecule has 0 bridgehead atoms. The van der Waals surface area contributed by atoms with E-state index in [-0.39, 0.29) is 12.4 Å². The van der Waals surface area contributed by atoms with Crippen LogP contribution in [-0.4, -0.2) is 60.2 Å². The van der Waals surface area contributed by atoms with Gasteiger partial charge in [-0.2, -0.15) is 0 Å². The number of carbonyl (C=O) groups excluding carboxylic acids is 1. The van der Waals surface area contributed by atoms with Gasteiger partial charge in [0.15, 0.2) is 0 Å². The molecular formula is C8H15N3O8P-. The van der Waals surface area contributed by atoms with E-state index in [0.717, 1.165) is 0 Å². The van der Waals surface area contributed by atoms with E-state index >= 15 is 0 Å². The monoisotopic (exact) mass is 312 g/mol. The van der Waals surface area contributed by atoms with Crippen LogP contribution in [0.4, 0.5) is 0 Å². The average Bonchev–Trinajstić information content (AvgIpc) is 2.61. The quantitative estimate of drug-likeness (QED) is 0.131. The molecule has 1 fully saturated rings. The minimum absolute atomic E-state index is 0.0380. The van der Waals surface area contributed by atoms with Crippen molar-refractivity contribution in [1.82, 2.24) is 5.32 Å². The molecule has 12 heteroatoms.